The Kier molecular flexibility index (Phi) is 3.09. The number of hydrogen-bond acceptors (Lipinski definition) is 5. The van der Waals surface area contributed by atoms with Gasteiger partial charge >= 0.3 is 0 Å². The van der Waals surface area contributed by atoms with E-state index in [1.807, 2.05) is 0 Å². The Morgan fingerprint density at radius 1 is 1.24 bits per heavy atom. The van der Waals surface area contributed by atoms with Crippen molar-refractivity contribution in [3.05, 3.63) is 46.8 Å². The van der Waals surface area contributed by atoms with E-state index in [1.165, 1.54) is 12.1 Å². The Morgan fingerprint density at radius 2 is 1.95 bits per heavy atom. The molecule has 0 saturated carbocycles. The Hall–Kier alpha value is -2.15. The lowest BCUT2D eigenvalue weighted by Crippen LogP contribution is -2.32. The van der Waals surface area contributed by atoms with Crippen LogP contribution in [0.4, 0.5) is 0 Å². The molecule has 1 aromatic heterocycles. The first kappa shape index (κ1) is 13.8. The summed E-state index contributed by atoms with van der Waals surface area (Å²) in [6, 6.07) is 6.26. The van der Waals surface area contributed by atoms with Crippen molar-refractivity contribution in [3.8, 4) is 0 Å². The quantitative estimate of drug-likeness (QED) is 0.862. The predicted octanol–water partition coefficient (Wildman–Crippen LogP) is 1.68. The summed E-state index contributed by atoms with van der Waals surface area (Å²) in [6.07, 6.45) is 0.389. The molecular weight excluding hydrogens is 292 g/mol. The van der Waals surface area contributed by atoms with Crippen molar-refractivity contribution in [1.29, 1.82) is 0 Å². The van der Waals surface area contributed by atoms with Gasteiger partial charge < -0.3 is 4.52 Å². The lowest BCUT2D eigenvalue weighted by Gasteiger charge is -2.14. The zero-order valence-corrected chi connectivity index (χ0v) is 12.5. The molecule has 1 amide bonds. The Balaban J connectivity index is 1.90. The largest absolute Gasteiger partial charge is 0.361 e. The zero-order chi connectivity index (χ0) is 15.2. The van der Waals surface area contributed by atoms with E-state index in [2.05, 4.69) is 5.16 Å². The molecule has 7 heteroatoms. The number of aryl methyl sites for hydroxylation is 2. The molecule has 0 aliphatic carbocycles. The van der Waals surface area contributed by atoms with Crippen molar-refractivity contribution in [2.24, 2.45) is 0 Å². The van der Waals surface area contributed by atoms with Gasteiger partial charge in [0.15, 0.2) is 0 Å². The third-order valence-electron chi connectivity index (χ3n) is 3.66. The molecule has 0 N–H and O–H groups in total. The fraction of sp³-hybridized carbons (Fsp3) is 0.286. The minimum atomic E-state index is -3.74. The van der Waals surface area contributed by atoms with Gasteiger partial charge in [-0.15, -0.1) is 0 Å². The van der Waals surface area contributed by atoms with Gasteiger partial charge in [-0.3, -0.25) is 4.79 Å². The third kappa shape index (κ3) is 2.04. The van der Waals surface area contributed by atoms with Crippen LogP contribution in [-0.4, -0.2) is 30.3 Å². The number of rotatable bonds is 3. The molecule has 2 heterocycles. The molecule has 0 radical (unpaired) electrons. The van der Waals surface area contributed by atoms with E-state index in [-0.39, 0.29) is 17.0 Å². The van der Waals surface area contributed by atoms with Crippen molar-refractivity contribution in [1.82, 2.24) is 9.46 Å². The van der Waals surface area contributed by atoms with Gasteiger partial charge in [-0.1, -0.05) is 17.3 Å². The number of sulfonamides is 1. The van der Waals surface area contributed by atoms with Crippen molar-refractivity contribution in [2.45, 2.75) is 25.2 Å². The highest BCUT2D eigenvalue weighted by molar-refractivity contribution is 7.90. The van der Waals surface area contributed by atoms with Gasteiger partial charge in [-0.25, -0.2) is 12.7 Å². The van der Waals surface area contributed by atoms with E-state index >= 15 is 0 Å². The minimum absolute atomic E-state index is 0.0776. The topological polar surface area (TPSA) is 80.5 Å². The fourth-order valence-electron chi connectivity index (χ4n) is 2.52. The number of amides is 1. The first-order valence-corrected chi connectivity index (χ1v) is 7.95. The average Bonchev–Trinajstić information content (AvgIpc) is 2.87. The summed E-state index contributed by atoms with van der Waals surface area (Å²) in [5.41, 5.74) is 1.79. The van der Waals surface area contributed by atoms with Gasteiger partial charge in [-0.2, -0.15) is 0 Å². The Morgan fingerprint density at radius 3 is 2.57 bits per heavy atom. The maximum Gasteiger partial charge on any atom is 0.269 e. The maximum absolute atomic E-state index is 12.4. The third-order valence-corrected chi connectivity index (χ3v) is 5.50. The van der Waals surface area contributed by atoms with Gasteiger partial charge in [0.05, 0.1) is 11.3 Å². The zero-order valence-electron chi connectivity index (χ0n) is 11.7. The van der Waals surface area contributed by atoms with E-state index in [0.717, 1.165) is 9.87 Å². The Bertz CT molecular complexity index is 804. The van der Waals surface area contributed by atoms with Crippen LogP contribution < -0.4 is 0 Å². The molecule has 21 heavy (non-hydrogen) atoms. The van der Waals surface area contributed by atoms with Crippen LogP contribution in [0.15, 0.2) is 33.7 Å². The molecular formula is C14H14N2O4S. The molecule has 1 aliphatic heterocycles. The fourth-order valence-corrected chi connectivity index (χ4v) is 4.09. The highest BCUT2D eigenvalue weighted by atomic mass is 32.2. The van der Waals surface area contributed by atoms with Crippen molar-refractivity contribution >= 4 is 15.9 Å². The first-order chi connectivity index (χ1) is 9.93. The number of carbonyl (C=O) groups is 1. The number of benzene rings is 1. The summed E-state index contributed by atoms with van der Waals surface area (Å²) in [4.78, 5) is 12.3. The van der Waals surface area contributed by atoms with Crippen LogP contribution in [0.1, 0.15) is 27.4 Å². The van der Waals surface area contributed by atoms with E-state index in [9.17, 15) is 13.2 Å². The molecule has 0 atom stereocenters. The second-order valence-corrected chi connectivity index (χ2v) is 6.76. The molecule has 0 saturated heterocycles. The van der Waals surface area contributed by atoms with Gasteiger partial charge in [0, 0.05) is 12.1 Å². The first-order valence-electron chi connectivity index (χ1n) is 6.51. The standard InChI is InChI=1S/C14H14N2O4S/c1-9-11(10(2)20-15-9)7-8-16-14(17)12-5-3-4-6-13(12)21(16,18)19/h3-6H,7-8H2,1-2H3. The van der Waals surface area contributed by atoms with Crippen LogP contribution in [0.2, 0.25) is 0 Å². The summed E-state index contributed by atoms with van der Waals surface area (Å²) in [5.74, 6) is 0.173. The van der Waals surface area contributed by atoms with Crippen LogP contribution >= 0.6 is 0 Å². The molecule has 0 bridgehead atoms. The highest BCUT2D eigenvalue weighted by Gasteiger charge is 2.40. The minimum Gasteiger partial charge on any atom is -0.361 e. The van der Waals surface area contributed by atoms with Gasteiger partial charge in [0.25, 0.3) is 15.9 Å². The summed E-state index contributed by atoms with van der Waals surface area (Å²) in [6.45, 7) is 3.64. The number of carbonyl (C=O) groups excluding carboxylic acids is 1. The van der Waals surface area contributed by atoms with E-state index in [1.54, 1.807) is 26.0 Å². The predicted molar refractivity (Wildman–Crippen MR) is 74.3 cm³/mol. The summed E-state index contributed by atoms with van der Waals surface area (Å²) in [7, 11) is -3.74. The van der Waals surface area contributed by atoms with Crippen molar-refractivity contribution < 1.29 is 17.7 Å². The Labute approximate surface area is 122 Å². The van der Waals surface area contributed by atoms with Crippen LogP contribution in [0, 0.1) is 13.8 Å². The number of aromatic nitrogens is 1. The molecule has 0 spiro atoms. The van der Waals surface area contributed by atoms with Gasteiger partial charge in [0.2, 0.25) is 0 Å². The molecule has 3 rings (SSSR count). The molecule has 1 aliphatic rings. The molecule has 1 aromatic carbocycles. The van der Waals surface area contributed by atoms with Crippen LogP contribution in [0.5, 0.6) is 0 Å². The van der Waals surface area contributed by atoms with Gasteiger partial charge in [-0.05, 0) is 32.4 Å². The van der Waals surface area contributed by atoms with Gasteiger partial charge in [0.1, 0.15) is 10.7 Å². The lowest BCUT2D eigenvalue weighted by molar-refractivity contribution is 0.0872. The van der Waals surface area contributed by atoms with E-state index < -0.39 is 15.9 Å². The van der Waals surface area contributed by atoms with Crippen LogP contribution in [0.25, 0.3) is 0 Å². The second kappa shape index (κ2) is 4.70. The smallest absolute Gasteiger partial charge is 0.269 e. The number of fused-ring (bicyclic) bond motifs is 1. The molecule has 2 aromatic rings. The molecule has 0 unspecified atom stereocenters. The van der Waals surface area contributed by atoms with Crippen molar-refractivity contribution in [2.75, 3.05) is 6.54 Å². The van der Waals surface area contributed by atoms with Crippen LogP contribution in [0.3, 0.4) is 0 Å². The number of hydrogen-bond donors (Lipinski definition) is 0. The summed E-state index contributed by atoms with van der Waals surface area (Å²) >= 11 is 0. The van der Waals surface area contributed by atoms with Crippen LogP contribution in [-0.2, 0) is 16.4 Å². The van der Waals surface area contributed by atoms with Crippen molar-refractivity contribution in [3.63, 3.8) is 0 Å². The summed E-state index contributed by atoms with van der Waals surface area (Å²) in [5, 5.41) is 3.83. The SMILES string of the molecule is Cc1noc(C)c1CCN1C(=O)c2ccccc2S1(=O)=O. The number of nitrogens with zero attached hydrogens (tertiary/aromatic N) is 2. The summed E-state index contributed by atoms with van der Waals surface area (Å²) < 4.78 is 30.7. The maximum atomic E-state index is 12.4. The molecule has 6 nitrogen and oxygen atoms in total. The average molecular weight is 306 g/mol. The molecule has 110 valence electrons. The van der Waals surface area contributed by atoms with E-state index in [0.29, 0.717) is 17.9 Å². The molecule has 0 fully saturated rings. The monoisotopic (exact) mass is 306 g/mol. The highest BCUT2D eigenvalue weighted by Crippen LogP contribution is 2.30. The lowest BCUT2D eigenvalue weighted by atomic mass is 10.1. The van der Waals surface area contributed by atoms with E-state index in [4.69, 9.17) is 4.52 Å². The normalized spacial score (nSPS) is 16.3. The second-order valence-electron chi connectivity index (χ2n) is 4.93.